The third kappa shape index (κ3) is 6.08. The molecular weight excluding hydrogens is 412 g/mol. The van der Waals surface area contributed by atoms with Gasteiger partial charge in [-0.2, -0.15) is 0 Å². The second kappa shape index (κ2) is 9.66. The maximum Gasteiger partial charge on any atom is 0.261 e. The molecule has 162 valence electrons. The number of anilines is 1. The van der Waals surface area contributed by atoms with Crippen LogP contribution >= 0.6 is 0 Å². The molecule has 0 heterocycles. The van der Waals surface area contributed by atoms with E-state index in [1.165, 1.54) is 12.1 Å². The van der Waals surface area contributed by atoms with Gasteiger partial charge in [0.25, 0.3) is 15.9 Å². The number of carbonyl (C=O) groups excluding carboxylic acids is 1. The summed E-state index contributed by atoms with van der Waals surface area (Å²) in [5.41, 5.74) is 2.71. The second-order valence-electron chi connectivity index (χ2n) is 7.45. The Hall–Kier alpha value is -3.32. The highest BCUT2D eigenvalue weighted by molar-refractivity contribution is 7.92. The zero-order valence-corrected chi connectivity index (χ0v) is 18.6. The zero-order chi connectivity index (χ0) is 22.4. The Morgan fingerprint density at radius 1 is 0.968 bits per heavy atom. The number of hydrogen-bond acceptors (Lipinski definition) is 4. The van der Waals surface area contributed by atoms with E-state index >= 15 is 0 Å². The molecule has 3 aromatic rings. The fourth-order valence-corrected chi connectivity index (χ4v) is 4.08. The minimum Gasteiger partial charge on any atom is -0.491 e. The van der Waals surface area contributed by atoms with Gasteiger partial charge in [0.1, 0.15) is 12.4 Å². The largest absolute Gasteiger partial charge is 0.491 e. The van der Waals surface area contributed by atoms with E-state index in [2.05, 4.69) is 10.0 Å². The van der Waals surface area contributed by atoms with Gasteiger partial charge in [0.05, 0.1) is 16.6 Å². The SMILES string of the molecule is Cc1ccc(OCC(C)NC(=O)c2cccc(S(=O)(=O)Nc3ccccc3C)c2)cc1. The monoisotopic (exact) mass is 438 g/mol. The van der Waals surface area contributed by atoms with Gasteiger partial charge >= 0.3 is 0 Å². The minimum absolute atomic E-state index is 0.0203. The van der Waals surface area contributed by atoms with E-state index in [9.17, 15) is 13.2 Å². The summed E-state index contributed by atoms with van der Waals surface area (Å²) >= 11 is 0. The number of sulfonamides is 1. The molecule has 6 nitrogen and oxygen atoms in total. The molecule has 1 amide bonds. The lowest BCUT2D eigenvalue weighted by atomic mass is 10.2. The van der Waals surface area contributed by atoms with Crippen LogP contribution in [0.3, 0.4) is 0 Å². The van der Waals surface area contributed by atoms with Gasteiger partial charge in [-0.15, -0.1) is 0 Å². The van der Waals surface area contributed by atoms with Crippen molar-refractivity contribution in [3.63, 3.8) is 0 Å². The molecule has 0 saturated carbocycles. The van der Waals surface area contributed by atoms with Gasteiger partial charge in [-0.1, -0.05) is 42.0 Å². The van der Waals surface area contributed by atoms with Gasteiger partial charge < -0.3 is 10.1 Å². The average molecular weight is 439 g/mol. The predicted octanol–water partition coefficient (Wildman–Crippen LogP) is 4.30. The van der Waals surface area contributed by atoms with Gasteiger partial charge in [0.2, 0.25) is 0 Å². The number of nitrogens with one attached hydrogen (secondary N) is 2. The fraction of sp³-hybridized carbons (Fsp3) is 0.208. The van der Waals surface area contributed by atoms with Gasteiger partial charge in [0, 0.05) is 5.56 Å². The Bertz CT molecular complexity index is 1160. The molecule has 0 aliphatic carbocycles. The molecule has 3 aromatic carbocycles. The topological polar surface area (TPSA) is 84.5 Å². The van der Waals surface area contributed by atoms with Crippen LogP contribution in [-0.4, -0.2) is 27.0 Å². The Kier molecular flexibility index (Phi) is 6.97. The highest BCUT2D eigenvalue weighted by Gasteiger charge is 2.18. The molecule has 3 rings (SSSR count). The number of hydrogen-bond donors (Lipinski definition) is 2. The molecule has 0 fully saturated rings. The summed E-state index contributed by atoms with van der Waals surface area (Å²) in [4.78, 5) is 12.6. The minimum atomic E-state index is -3.82. The van der Waals surface area contributed by atoms with Crippen LogP contribution in [0.1, 0.15) is 28.4 Å². The van der Waals surface area contributed by atoms with Crippen molar-refractivity contribution >= 4 is 21.6 Å². The lowest BCUT2D eigenvalue weighted by Gasteiger charge is -2.16. The summed E-state index contributed by atoms with van der Waals surface area (Å²) in [7, 11) is -3.82. The van der Waals surface area contributed by atoms with Crippen LogP contribution in [-0.2, 0) is 10.0 Å². The normalized spacial score (nSPS) is 12.1. The summed E-state index contributed by atoms with van der Waals surface area (Å²) in [6, 6.07) is 20.5. The molecule has 1 unspecified atom stereocenters. The molecular formula is C24H26N2O4S. The number of para-hydroxylation sites is 1. The lowest BCUT2D eigenvalue weighted by Crippen LogP contribution is -2.36. The molecule has 0 aliphatic heterocycles. The lowest BCUT2D eigenvalue weighted by molar-refractivity contribution is 0.0926. The molecule has 1 atom stereocenters. The molecule has 0 radical (unpaired) electrons. The van der Waals surface area contributed by atoms with Crippen molar-refractivity contribution in [1.29, 1.82) is 0 Å². The van der Waals surface area contributed by atoms with Crippen molar-refractivity contribution in [2.75, 3.05) is 11.3 Å². The second-order valence-corrected chi connectivity index (χ2v) is 9.13. The van der Waals surface area contributed by atoms with E-state index in [4.69, 9.17) is 4.74 Å². The Balaban J connectivity index is 1.65. The molecule has 2 N–H and O–H groups in total. The smallest absolute Gasteiger partial charge is 0.261 e. The van der Waals surface area contributed by atoms with Gasteiger partial charge in [-0.25, -0.2) is 8.42 Å². The molecule has 31 heavy (non-hydrogen) atoms. The number of ether oxygens (including phenoxy) is 1. The molecule has 0 saturated heterocycles. The van der Waals surface area contributed by atoms with Crippen molar-refractivity contribution in [1.82, 2.24) is 5.32 Å². The molecule has 7 heteroatoms. The number of carbonyl (C=O) groups is 1. The number of rotatable bonds is 8. The first-order chi connectivity index (χ1) is 14.7. The maximum atomic E-state index is 12.8. The van der Waals surface area contributed by atoms with E-state index < -0.39 is 10.0 Å². The van der Waals surface area contributed by atoms with E-state index in [1.807, 2.05) is 57.2 Å². The van der Waals surface area contributed by atoms with Crippen molar-refractivity contribution in [2.45, 2.75) is 31.7 Å². The van der Waals surface area contributed by atoms with E-state index in [0.29, 0.717) is 12.3 Å². The molecule has 0 bridgehead atoms. The van der Waals surface area contributed by atoms with Crippen LogP contribution < -0.4 is 14.8 Å². The zero-order valence-electron chi connectivity index (χ0n) is 17.8. The Morgan fingerprint density at radius 2 is 1.68 bits per heavy atom. The summed E-state index contributed by atoms with van der Waals surface area (Å²) < 4.78 is 33.8. The summed E-state index contributed by atoms with van der Waals surface area (Å²) in [6.07, 6.45) is 0. The molecule has 0 spiro atoms. The molecule has 0 aliphatic rings. The number of amides is 1. The fourth-order valence-electron chi connectivity index (χ4n) is 2.90. The van der Waals surface area contributed by atoms with Gasteiger partial charge in [-0.3, -0.25) is 9.52 Å². The van der Waals surface area contributed by atoms with Crippen LogP contribution in [0.15, 0.2) is 77.7 Å². The van der Waals surface area contributed by atoms with Gasteiger partial charge in [0.15, 0.2) is 0 Å². The van der Waals surface area contributed by atoms with Crippen molar-refractivity contribution in [3.8, 4) is 5.75 Å². The van der Waals surface area contributed by atoms with Crippen molar-refractivity contribution in [3.05, 3.63) is 89.5 Å². The van der Waals surface area contributed by atoms with Crippen LogP contribution in [0, 0.1) is 13.8 Å². The van der Waals surface area contributed by atoms with Crippen LogP contribution in [0.2, 0.25) is 0 Å². The van der Waals surface area contributed by atoms with Crippen LogP contribution in [0.25, 0.3) is 0 Å². The van der Waals surface area contributed by atoms with E-state index in [0.717, 1.165) is 16.9 Å². The third-order valence-electron chi connectivity index (χ3n) is 4.69. The first-order valence-corrected chi connectivity index (χ1v) is 11.4. The Morgan fingerprint density at radius 3 is 2.39 bits per heavy atom. The van der Waals surface area contributed by atoms with Crippen LogP contribution in [0.5, 0.6) is 5.75 Å². The van der Waals surface area contributed by atoms with Crippen LogP contribution in [0.4, 0.5) is 5.69 Å². The first-order valence-electron chi connectivity index (χ1n) is 9.93. The highest BCUT2D eigenvalue weighted by Crippen LogP contribution is 2.20. The molecule has 0 aromatic heterocycles. The number of aryl methyl sites for hydroxylation is 2. The van der Waals surface area contributed by atoms with E-state index in [-0.39, 0.29) is 22.4 Å². The average Bonchev–Trinajstić information content (AvgIpc) is 2.75. The predicted molar refractivity (Wildman–Crippen MR) is 122 cm³/mol. The number of benzene rings is 3. The first kappa shape index (κ1) is 22.4. The summed E-state index contributed by atoms with van der Waals surface area (Å²) in [5.74, 6) is 0.356. The van der Waals surface area contributed by atoms with E-state index in [1.54, 1.807) is 24.3 Å². The standard InChI is InChI=1S/C24H26N2O4S/c1-17-11-13-21(14-12-17)30-16-19(3)25-24(27)20-8-6-9-22(15-20)31(28,29)26-23-10-5-4-7-18(23)2/h4-15,19,26H,16H2,1-3H3,(H,25,27). The quantitative estimate of drug-likeness (QED) is 0.549. The van der Waals surface area contributed by atoms with Crippen molar-refractivity contribution in [2.24, 2.45) is 0 Å². The third-order valence-corrected chi connectivity index (χ3v) is 6.06. The maximum absolute atomic E-state index is 12.8. The Labute approximate surface area is 183 Å². The van der Waals surface area contributed by atoms with Crippen molar-refractivity contribution < 1.29 is 17.9 Å². The van der Waals surface area contributed by atoms with Gasteiger partial charge in [-0.05, 0) is 62.7 Å². The highest BCUT2D eigenvalue weighted by atomic mass is 32.2. The summed E-state index contributed by atoms with van der Waals surface area (Å²) in [5, 5.41) is 2.84. The summed E-state index contributed by atoms with van der Waals surface area (Å²) in [6.45, 7) is 5.94.